The van der Waals surface area contributed by atoms with Crippen molar-refractivity contribution in [3.05, 3.63) is 71.9 Å². The Morgan fingerprint density at radius 1 is 0.915 bits per heavy atom. The van der Waals surface area contributed by atoms with Gasteiger partial charge >= 0.3 is 24.3 Å². The van der Waals surface area contributed by atoms with E-state index < -0.39 is 24.3 Å². The highest BCUT2D eigenvalue weighted by atomic mass is 19.4. The van der Waals surface area contributed by atoms with Gasteiger partial charge in [-0.2, -0.15) is 31.4 Å². The summed E-state index contributed by atoms with van der Waals surface area (Å²) < 4.78 is 76.4. The average Bonchev–Trinajstić information content (AvgIpc) is 3.44. The second-order valence-corrected chi connectivity index (χ2v) is 10.2. The number of benzene rings is 1. The molecule has 1 aliphatic heterocycles. The predicted octanol–water partition coefficient (Wildman–Crippen LogP) is 5.76. The second-order valence-electron chi connectivity index (χ2n) is 10.2. The van der Waals surface area contributed by atoms with Gasteiger partial charge in [-0.3, -0.25) is 9.88 Å². The highest BCUT2D eigenvalue weighted by molar-refractivity contribution is 5.74. The van der Waals surface area contributed by atoms with E-state index in [1.54, 1.807) is 14.2 Å². The van der Waals surface area contributed by atoms with Gasteiger partial charge in [0, 0.05) is 42.0 Å². The highest BCUT2D eigenvalue weighted by Crippen LogP contribution is 2.38. The molecule has 0 radical (unpaired) electrons. The molecule has 1 atom stereocenters. The predicted molar refractivity (Wildman–Crippen MR) is 155 cm³/mol. The molecular formula is C30H31F6N5O6. The number of pyridine rings is 2. The summed E-state index contributed by atoms with van der Waals surface area (Å²) in [6.45, 7) is 4.94. The molecule has 0 amide bonds. The van der Waals surface area contributed by atoms with Crippen LogP contribution in [0.5, 0.6) is 11.5 Å². The molecule has 254 valence electrons. The van der Waals surface area contributed by atoms with Gasteiger partial charge in [-0.05, 0) is 56.6 Å². The topological polar surface area (TPSA) is 139 Å². The van der Waals surface area contributed by atoms with Crippen LogP contribution in [0.4, 0.5) is 26.3 Å². The van der Waals surface area contributed by atoms with Gasteiger partial charge in [0.2, 0.25) is 0 Å². The third-order valence-corrected chi connectivity index (χ3v) is 6.75. The molecule has 0 bridgehead atoms. The van der Waals surface area contributed by atoms with Crippen molar-refractivity contribution in [2.24, 2.45) is 0 Å². The Hall–Kier alpha value is -4.93. The number of carbonyl (C=O) groups is 2. The number of para-hydroxylation sites is 1. The average molecular weight is 672 g/mol. The van der Waals surface area contributed by atoms with Crippen LogP contribution in [0.1, 0.15) is 36.0 Å². The Balaban J connectivity index is 0.000000360. The van der Waals surface area contributed by atoms with Crippen LogP contribution >= 0.6 is 0 Å². The fourth-order valence-corrected chi connectivity index (χ4v) is 4.67. The molecule has 1 unspecified atom stereocenters. The number of halogens is 6. The Bertz CT molecular complexity index is 1650. The summed E-state index contributed by atoms with van der Waals surface area (Å²) in [5.41, 5.74) is 5.01. The molecule has 2 N–H and O–H groups in total. The summed E-state index contributed by atoms with van der Waals surface area (Å²) in [6.07, 6.45) is -5.91. The van der Waals surface area contributed by atoms with E-state index in [1.807, 2.05) is 48.0 Å². The van der Waals surface area contributed by atoms with Crippen LogP contribution in [-0.2, 0) is 16.1 Å². The number of methoxy groups -OCH3 is 2. The maximum Gasteiger partial charge on any atom is 0.490 e. The minimum Gasteiger partial charge on any atom is -0.493 e. The molecular weight excluding hydrogens is 640 g/mol. The number of alkyl halides is 6. The van der Waals surface area contributed by atoms with Crippen LogP contribution in [0.25, 0.3) is 16.8 Å². The van der Waals surface area contributed by atoms with Crippen molar-refractivity contribution in [3.8, 4) is 22.6 Å². The van der Waals surface area contributed by atoms with Gasteiger partial charge in [0.05, 0.1) is 19.9 Å². The van der Waals surface area contributed by atoms with Crippen LogP contribution in [0.15, 0.2) is 54.7 Å². The number of carboxylic acid groups (broad SMARTS) is 2. The molecule has 0 spiro atoms. The summed E-state index contributed by atoms with van der Waals surface area (Å²) in [5.74, 6) is -2.86. The molecule has 0 aliphatic carbocycles. The molecule has 17 heteroatoms. The van der Waals surface area contributed by atoms with Crippen LogP contribution in [0, 0.1) is 6.92 Å². The number of hydrogen-bond acceptors (Lipinski definition) is 8. The van der Waals surface area contributed by atoms with E-state index in [9.17, 15) is 26.3 Å². The summed E-state index contributed by atoms with van der Waals surface area (Å²) in [7, 11) is 3.31. The number of rotatable bonds is 6. The number of piperidine rings is 1. The number of ether oxygens (including phenoxy) is 2. The number of fused-ring (bicyclic) bond motifs is 1. The standard InChI is InChI=1S/C26H29N5O2.2C2HF3O2/c1-18-7-4-9-21(27-18)17-30-14-6-8-20(15-30)26-28-24-13-12-19(16-31(24)29-26)22-10-5-11-23(32-2)25(22)33-3;2*3-2(4,5)1(6)7/h4-5,7,9-13,16,20H,6,8,14-15,17H2,1-3H3;2*(H,6,7). The van der Waals surface area contributed by atoms with E-state index in [2.05, 4.69) is 28.1 Å². The van der Waals surface area contributed by atoms with Crippen molar-refractivity contribution in [1.82, 2.24) is 24.5 Å². The van der Waals surface area contributed by atoms with E-state index in [0.29, 0.717) is 17.4 Å². The largest absolute Gasteiger partial charge is 0.493 e. The lowest BCUT2D eigenvalue weighted by Crippen LogP contribution is -2.34. The van der Waals surface area contributed by atoms with Crippen molar-refractivity contribution in [1.29, 1.82) is 0 Å². The smallest absolute Gasteiger partial charge is 0.490 e. The van der Waals surface area contributed by atoms with E-state index >= 15 is 0 Å². The number of aliphatic carboxylic acids is 2. The first-order valence-corrected chi connectivity index (χ1v) is 13.9. The van der Waals surface area contributed by atoms with E-state index in [4.69, 9.17) is 39.4 Å². The Morgan fingerprint density at radius 3 is 2.13 bits per heavy atom. The van der Waals surface area contributed by atoms with Crippen molar-refractivity contribution in [3.63, 3.8) is 0 Å². The number of aryl methyl sites for hydroxylation is 1. The maximum atomic E-state index is 10.6. The molecule has 11 nitrogen and oxygen atoms in total. The zero-order valence-corrected chi connectivity index (χ0v) is 25.3. The van der Waals surface area contributed by atoms with Crippen molar-refractivity contribution < 1.29 is 55.6 Å². The summed E-state index contributed by atoms with van der Waals surface area (Å²) in [4.78, 5) is 29.8. The van der Waals surface area contributed by atoms with Gasteiger partial charge < -0.3 is 19.7 Å². The zero-order valence-electron chi connectivity index (χ0n) is 25.3. The van der Waals surface area contributed by atoms with Crippen LogP contribution < -0.4 is 9.47 Å². The molecule has 5 rings (SSSR count). The number of aromatic nitrogens is 4. The second kappa shape index (κ2) is 15.6. The molecule has 4 heterocycles. The SMILES string of the molecule is COc1cccc(-c2ccc3nc(C4CCCN(Cc5cccc(C)n5)C4)nn3c2)c1OC.O=C(O)C(F)(F)F.O=C(O)C(F)(F)F. The van der Waals surface area contributed by atoms with Crippen LogP contribution in [0.2, 0.25) is 0 Å². The molecule has 4 aromatic rings. The summed E-state index contributed by atoms with van der Waals surface area (Å²) in [5, 5.41) is 19.1. The molecule has 1 aliphatic rings. The minimum atomic E-state index is -5.08. The number of hydrogen-bond donors (Lipinski definition) is 2. The lowest BCUT2D eigenvalue weighted by atomic mass is 9.97. The third-order valence-electron chi connectivity index (χ3n) is 6.75. The molecule has 1 fully saturated rings. The first kappa shape index (κ1) is 36.5. The Labute approximate surface area is 264 Å². The third kappa shape index (κ3) is 10.3. The summed E-state index contributed by atoms with van der Waals surface area (Å²) >= 11 is 0. The van der Waals surface area contributed by atoms with E-state index in [0.717, 1.165) is 66.5 Å². The van der Waals surface area contributed by atoms with Gasteiger partial charge in [0.1, 0.15) is 0 Å². The van der Waals surface area contributed by atoms with Crippen LogP contribution in [0.3, 0.4) is 0 Å². The summed E-state index contributed by atoms with van der Waals surface area (Å²) in [6, 6.07) is 16.2. The highest BCUT2D eigenvalue weighted by Gasteiger charge is 2.39. The normalized spacial score (nSPS) is 15.1. The van der Waals surface area contributed by atoms with Crippen molar-refractivity contribution >= 4 is 17.6 Å². The van der Waals surface area contributed by atoms with Crippen LogP contribution in [-0.4, -0.2) is 86.3 Å². The van der Waals surface area contributed by atoms with Gasteiger partial charge in [0.15, 0.2) is 23.0 Å². The monoisotopic (exact) mass is 671 g/mol. The first-order chi connectivity index (χ1) is 22.0. The van der Waals surface area contributed by atoms with E-state index in [-0.39, 0.29) is 0 Å². The molecule has 1 aromatic carbocycles. The Kier molecular flexibility index (Phi) is 12.1. The quantitative estimate of drug-likeness (QED) is 0.243. The Morgan fingerprint density at radius 2 is 1.55 bits per heavy atom. The van der Waals surface area contributed by atoms with Gasteiger partial charge in [-0.25, -0.2) is 19.1 Å². The van der Waals surface area contributed by atoms with E-state index in [1.165, 1.54) is 0 Å². The van der Waals surface area contributed by atoms with Crippen molar-refractivity contribution in [2.45, 2.75) is 44.6 Å². The fraction of sp³-hybridized carbons (Fsp3) is 0.367. The zero-order chi connectivity index (χ0) is 34.9. The lowest BCUT2D eigenvalue weighted by molar-refractivity contribution is -0.193. The van der Waals surface area contributed by atoms with Gasteiger partial charge in [-0.15, -0.1) is 0 Å². The molecule has 0 saturated carbocycles. The lowest BCUT2D eigenvalue weighted by Gasteiger charge is -2.31. The number of nitrogens with zero attached hydrogens (tertiary/aromatic N) is 5. The molecule has 1 saturated heterocycles. The van der Waals surface area contributed by atoms with Gasteiger partial charge in [0.25, 0.3) is 0 Å². The molecule has 3 aromatic heterocycles. The van der Waals surface area contributed by atoms with Gasteiger partial charge in [-0.1, -0.05) is 18.2 Å². The first-order valence-electron chi connectivity index (χ1n) is 13.9. The van der Waals surface area contributed by atoms with Crippen molar-refractivity contribution in [2.75, 3.05) is 27.3 Å². The minimum absolute atomic E-state index is 0.318. The fourth-order valence-electron chi connectivity index (χ4n) is 4.67. The number of carboxylic acids is 2. The number of likely N-dealkylation sites (tertiary alicyclic amines) is 1. The maximum absolute atomic E-state index is 10.6. The molecule has 47 heavy (non-hydrogen) atoms.